The topological polar surface area (TPSA) is 20.3 Å². The van der Waals surface area contributed by atoms with E-state index < -0.39 is 0 Å². The molecule has 1 aliphatic heterocycles. The first-order chi connectivity index (χ1) is 6.46. The first kappa shape index (κ1) is 10.2. The average Bonchev–Trinajstić information content (AvgIpc) is 2.27. The smallest absolute Gasteiger partial charge is 0.133 e. The van der Waals surface area contributed by atoms with Crippen molar-refractivity contribution in [1.82, 2.24) is 4.90 Å². The number of likely N-dealkylation sites (tertiary alicyclic amines) is 1. The van der Waals surface area contributed by atoms with Gasteiger partial charge in [0.15, 0.2) is 0 Å². The Hall–Kier alpha value is -0.370. The van der Waals surface area contributed by atoms with E-state index in [1.807, 2.05) is 0 Å². The van der Waals surface area contributed by atoms with Crippen molar-refractivity contribution < 1.29 is 4.79 Å². The highest BCUT2D eigenvalue weighted by Crippen LogP contribution is 2.38. The van der Waals surface area contributed by atoms with Gasteiger partial charge in [0.05, 0.1) is 0 Å². The molecule has 1 saturated heterocycles. The molecule has 2 fully saturated rings. The predicted molar refractivity (Wildman–Crippen MR) is 57.2 cm³/mol. The summed E-state index contributed by atoms with van der Waals surface area (Å²) in [6, 6.07) is 0.725. The van der Waals surface area contributed by atoms with Crippen molar-refractivity contribution in [3.05, 3.63) is 0 Å². The number of fused-ring (bicyclic) bond motifs is 2. The van der Waals surface area contributed by atoms with Crippen LogP contribution in [0.3, 0.4) is 0 Å². The molecule has 0 aromatic rings. The van der Waals surface area contributed by atoms with E-state index in [0.717, 1.165) is 25.4 Å². The summed E-state index contributed by atoms with van der Waals surface area (Å²) in [5, 5.41) is 0. The second kappa shape index (κ2) is 3.34. The largest absolute Gasteiger partial charge is 0.303 e. The number of hydrogen-bond acceptors (Lipinski definition) is 2. The van der Waals surface area contributed by atoms with Crippen LogP contribution in [0.25, 0.3) is 0 Å². The van der Waals surface area contributed by atoms with Crippen LogP contribution in [0.1, 0.15) is 39.5 Å². The standard InChI is InChI=1S/C12H21NO/c1-12(2)6-10-4-9(8-13(10)3)5-11(14)7-12/h9-10H,4-8H2,1-3H3. The lowest BCUT2D eigenvalue weighted by Gasteiger charge is -2.31. The van der Waals surface area contributed by atoms with Gasteiger partial charge in [-0.2, -0.15) is 0 Å². The Labute approximate surface area is 86.7 Å². The van der Waals surface area contributed by atoms with E-state index in [9.17, 15) is 4.79 Å². The molecule has 0 spiro atoms. The molecule has 2 heteroatoms. The summed E-state index contributed by atoms with van der Waals surface area (Å²) in [4.78, 5) is 14.2. The molecule has 0 aromatic heterocycles. The Morgan fingerprint density at radius 2 is 2.14 bits per heavy atom. The molecule has 1 saturated carbocycles. The van der Waals surface area contributed by atoms with E-state index in [4.69, 9.17) is 0 Å². The first-order valence-corrected chi connectivity index (χ1v) is 5.68. The van der Waals surface area contributed by atoms with E-state index >= 15 is 0 Å². The van der Waals surface area contributed by atoms with Crippen LogP contribution in [0.15, 0.2) is 0 Å². The van der Waals surface area contributed by atoms with E-state index in [0.29, 0.717) is 11.7 Å². The normalized spacial score (nSPS) is 38.1. The molecule has 2 rings (SSSR count). The summed E-state index contributed by atoms with van der Waals surface area (Å²) in [6.45, 7) is 5.60. The Bertz CT molecular complexity index is 247. The van der Waals surface area contributed by atoms with Crippen molar-refractivity contribution >= 4 is 5.78 Å². The van der Waals surface area contributed by atoms with Crippen LogP contribution in [-0.4, -0.2) is 30.3 Å². The molecule has 14 heavy (non-hydrogen) atoms. The molecule has 2 aliphatic rings. The van der Waals surface area contributed by atoms with Gasteiger partial charge in [-0.3, -0.25) is 4.79 Å². The van der Waals surface area contributed by atoms with Gasteiger partial charge in [0.2, 0.25) is 0 Å². The molecular formula is C12H21NO. The van der Waals surface area contributed by atoms with E-state index in [1.54, 1.807) is 0 Å². The van der Waals surface area contributed by atoms with E-state index in [-0.39, 0.29) is 5.41 Å². The van der Waals surface area contributed by atoms with Crippen LogP contribution >= 0.6 is 0 Å². The van der Waals surface area contributed by atoms with Crippen LogP contribution in [0.2, 0.25) is 0 Å². The molecular weight excluding hydrogens is 174 g/mol. The van der Waals surface area contributed by atoms with Gasteiger partial charge in [-0.1, -0.05) is 13.8 Å². The third kappa shape index (κ3) is 2.00. The summed E-state index contributed by atoms with van der Waals surface area (Å²) in [5.74, 6) is 1.13. The van der Waals surface area contributed by atoms with Gasteiger partial charge in [0.25, 0.3) is 0 Å². The minimum absolute atomic E-state index is 0.214. The number of carbonyl (C=O) groups excluding carboxylic acids is 1. The molecule has 2 atom stereocenters. The molecule has 2 unspecified atom stereocenters. The second-order valence-electron chi connectivity index (χ2n) is 5.98. The summed E-state index contributed by atoms with van der Waals surface area (Å²) in [7, 11) is 2.20. The molecule has 0 aromatic carbocycles. The number of ketones is 1. The van der Waals surface area contributed by atoms with Gasteiger partial charge >= 0.3 is 0 Å². The van der Waals surface area contributed by atoms with Gasteiger partial charge in [0, 0.05) is 25.4 Å². The molecule has 1 heterocycles. The highest BCUT2D eigenvalue weighted by Gasteiger charge is 2.38. The van der Waals surface area contributed by atoms with Gasteiger partial charge in [0.1, 0.15) is 5.78 Å². The van der Waals surface area contributed by atoms with Crippen LogP contribution in [0.4, 0.5) is 0 Å². The quantitative estimate of drug-likeness (QED) is 0.590. The SMILES string of the molecule is CN1CC2CC(=O)CC(C)(C)CC1C2. The van der Waals surface area contributed by atoms with Gasteiger partial charge in [-0.05, 0) is 31.2 Å². The van der Waals surface area contributed by atoms with Gasteiger partial charge in [-0.25, -0.2) is 0 Å². The molecule has 0 radical (unpaired) electrons. The Kier molecular flexibility index (Phi) is 2.42. The zero-order valence-electron chi connectivity index (χ0n) is 9.55. The third-order valence-electron chi connectivity index (χ3n) is 3.76. The van der Waals surface area contributed by atoms with E-state index in [2.05, 4.69) is 25.8 Å². The fraction of sp³-hybridized carbons (Fsp3) is 0.917. The van der Waals surface area contributed by atoms with Crippen LogP contribution in [-0.2, 0) is 4.79 Å². The lowest BCUT2D eigenvalue weighted by atomic mass is 9.76. The number of hydrogen-bond donors (Lipinski definition) is 0. The summed E-state index contributed by atoms with van der Waals surface area (Å²) in [6.07, 6.45) is 4.04. The van der Waals surface area contributed by atoms with Gasteiger partial charge in [-0.15, -0.1) is 0 Å². The minimum atomic E-state index is 0.214. The lowest BCUT2D eigenvalue weighted by molar-refractivity contribution is -0.122. The fourth-order valence-electron chi connectivity index (χ4n) is 3.22. The van der Waals surface area contributed by atoms with Crippen molar-refractivity contribution in [2.75, 3.05) is 13.6 Å². The Morgan fingerprint density at radius 3 is 2.86 bits per heavy atom. The maximum Gasteiger partial charge on any atom is 0.133 e. The molecule has 2 nitrogen and oxygen atoms in total. The second-order valence-corrected chi connectivity index (χ2v) is 5.98. The molecule has 0 N–H and O–H groups in total. The summed E-state index contributed by atoms with van der Waals surface area (Å²) < 4.78 is 0. The molecule has 80 valence electrons. The maximum absolute atomic E-state index is 11.7. The van der Waals surface area contributed by atoms with Crippen LogP contribution in [0.5, 0.6) is 0 Å². The lowest BCUT2D eigenvalue weighted by Crippen LogP contribution is -2.31. The number of Topliss-reactive ketones (excluding diaryl/α,β-unsaturated/α-hetero) is 1. The van der Waals surface area contributed by atoms with Crippen LogP contribution in [0, 0.1) is 11.3 Å². The highest BCUT2D eigenvalue weighted by molar-refractivity contribution is 5.79. The number of rotatable bonds is 0. The molecule has 2 bridgehead atoms. The van der Waals surface area contributed by atoms with Crippen molar-refractivity contribution in [2.24, 2.45) is 11.3 Å². The number of nitrogens with zero attached hydrogens (tertiary/aromatic N) is 1. The van der Waals surface area contributed by atoms with Gasteiger partial charge < -0.3 is 4.90 Å². The highest BCUT2D eigenvalue weighted by atomic mass is 16.1. The average molecular weight is 195 g/mol. The molecule has 1 aliphatic carbocycles. The van der Waals surface area contributed by atoms with Crippen molar-refractivity contribution in [2.45, 2.75) is 45.6 Å². The summed E-state index contributed by atoms with van der Waals surface area (Å²) in [5.41, 5.74) is 0.214. The third-order valence-corrected chi connectivity index (χ3v) is 3.76. The predicted octanol–water partition coefficient (Wildman–Crippen LogP) is 2.09. The number of carbonyl (C=O) groups is 1. The maximum atomic E-state index is 11.7. The van der Waals surface area contributed by atoms with Crippen molar-refractivity contribution in [3.8, 4) is 0 Å². The van der Waals surface area contributed by atoms with Crippen molar-refractivity contribution in [3.63, 3.8) is 0 Å². The Morgan fingerprint density at radius 1 is 1.43 bits per heavy atom. The van der Waals surface area contributed by atoms with Crippen LogP contribution < -0.4 is 0 Å². The minimum Gasteiger partial charge on any atom is -0.303 e. The zero-order chi connectivity index (χ0) is 10.3. The fourth-order valence-corrected chi connectivity index (χ4v) is 3.22. The monoisotopic (exact) mass is 195 g/mol. The first-order valence-electron chi connectivity index (χ1n) is 5.68. The molecule has 0 amide bonds. The van der Waals surface area contributed by atoms with E-state index in [1.165, 1.54) is 12.8 Å². The van der Waals surface area contributed by atoms with Crippen molar-refractivity contribution in [1.29, 1.82) is 0 Å². The zero-order valence-corrected chi connectivity index (χ0v) is 9.55. The Balaban J connectivity index is 2.15. The summed E-state index contributed by atoms with van der Waals surface area (Å²) >= 11 is 0.